The summed E-state index contributed by atoms with van der Waals surface area (Å²) in [6.45, 7) is 8.04. The molecular weight excluding hydrogens is 244 g/mol. The summed E-state index contributed by atoms with van der Waals surface area (Å²) in [7, 11) is 4.31. The summed E-state index contributed by atoms with van der Waals surface area (Å²) in [6, 6.07) is 11.9. The Labute approximate surface area is 125 Å². The lowest BCUT2D eigenvalue weighted by Crippen LogP contribution is -2.43. The average Bonchev–Trinajstić information content (AvgIpc) is 2.36. The Balaban J connectivity index is 2.38. The second kappa shape index (κ2) is 9.15. The summed E-state index contributed by atoms with van der Waals surface area (Å²) in [4.78, 5) is 2.28. The first-order valence-corrected chi connectivity index (χ1v) is 7.92. The van der Waals surface area contributed by atoms with E-state index < -0.39 is 0 Å². The number of aryl methyl sites for hydroxylation is 1. The van der Waals surface area contributed by atoms with Crippen molar-refractivity contribution in [2.75, 3.05) is 20.6 Å². The lowest BCUT2D eigenvalue weighted by atomic mass is 10.0. The molecule has 2 unspecified atom stereocenters. The molecule has 20 heavy (non-hydrogen) atoms. The summed E-state index contributed by atoms with van der Waals surface area (Å²) in [6.07, 6.45) is 3.60. The summed E-state index contributed by atoms with van der Waals surface area (Å²) in [5, 5.41) is 3.81. The Morgan fingerprint density at radius 3 is 2.25 bits per heavy atom. The molecule has 1 aromatic carbocycles. The van der Waals surface area contributed by atoms with Crippen LogP contribution < -0.4 is 5.32 Å². The fraction of sp³-hybridized carbons (Fsp3) is 0.667. The van der Waals surface area contributed by atoms with Crippen molar-refractivity contribution in [1.82, 2.24) is 10.2 Å². The fourth-order valence-corrected chi connectivity index (χ4v) is 2.72. The number of likely N-dealkylation sites (N-methyl/N-ethyl adjacent to an activating group) is 1. The second-order valence-electron chi connectivity index (χ2n) is 6.68. The van der Waals surface area contributed by atoms with Crippen molar-refractivity contribution >= 4 is 0 Å². The van der Waals surface area contributed by atoms with Crippen LogP contribution in [0.1, 0.15) is 39.2 Å². The van der Waals surface area contributed by atoms with Crippen LogP contribution in [0.4, 0.5) is 0 Å². The van der Waals surface area contributed by atoms with Crippen LogP contribution in [0.15, 0.2) is 30.3 Å². The van der Waals surface area contributed by atoms with Gasteiger partial charge in [-0.1, -0.05) is 44.2 Å². The van der Waals surface area contributed by atoms with Gasteiger partial charge in [-0.2, -0.15) is 0 Å². The van der Waals surface area contributed by atoms with Crippen molar-refractivity contribution < 1.29 is 0 Å². The Hall–Kier alpha value is -0.860. The molecular formula is C18H32N2. The molecule has 0 bridgehead atoms. The number of rotatable bonds is 9. The zero-order valence-electron chi connectivity index (χ0n) is 13.9. The maximum absolute atomic E-state index is 3.81. The number of nitrogens with zero attached hydrogens (tertiary/aromatic N) is 1. The minimum atomic E-state index is 0.568. The van der Waals surface area contributed by atoms with Gasteiger partial charge < -0.3 is 10.2 Å². The van der Waals surface area contributed by atoms with E-state index in [1.54, 1.807) is 0 Å². The van der Waals surface area contributed by atoms with Gasteiger partial charge >= 0.3 is 0 Å². The molecule has 1 aromatic rings. The molecule has 0 heterocycles. The first-order valence-electron chi connectivity index (χ1n) is 7.92. The van der Waals surface area contributed by atoms with Gasteiger partial charge in [0.15, 0.2) is 0 Å². The highest BCUT2D eigenvalue weighted by Crippen LogP contribution is 2.09. The normalized spacial score (nSPS) is 14.8. The summed E-state index contributed by atoms with van der Waals surface area (Å²) >= 11 is 0. The topological polar surface area (TPSA) is 15.3 Å². The highest BCUT2D eigenvalue weighted by molar-refractivity contribution is 5.14. The Kier molecular flexibility index (Phi) is 7.86. The van der Waals surface area contributed by atoms with Gasteiger partial charge in [0.05, 0.1) is 0 Å². The smallest absolute Gasteiger partial charge is 0.0199 e. The van der Waals surface area contributed by atoms with Crippen LogP contribution in [-0.4, -0.2) is 37.6 Å². The molecule has 2 heteroatoms. The largest absolute Gasteiger partial charge is 0.310 e. The van der Waals surface area contributed by atoms with E-state index in [4.69, 9.17) is 0 Å². The van der Waals surface area contributed by atoms with Gasteiger partial charge in [-0.3, -0.25) is 0 Å². The Morgan fingerprint density at radius 1 is 1.05 bits per heavy atom. The van der Waals surface area contributed by atoms with Crippen molar-refractivity contribution in [2.24, 2.45) is 5.92 Å². The van der Waals surface area contributed by atoms with E-state index in [0.717, 1.165) is 18.9 Å². The summed E-state index contributed by atoms with van der Waals surface area (Å²) in [5.74, 6) is 0.744. The molecule has 0 spiro atoms. The predicted molar refractivity (Wildman–Crippen MR) is 89.2 cm³/mol. The van der Waals surface area contributed by atoms with Gasteiger partial charge in [-0.15, -0.1) is 0 Å². The molecule has 0 saturated heterocycles. The molecule has 0 saturated carbocycles. The van der Waals surface area contributed by atoms with Gasteiger partial charge in [0.1, 0.15) is 0 Å². The molecule has 0 amide bonds. The van der Waals surface area contributed by atoms with Crippen molar-refractivity contribution in [1.29, 1.82) is 0 Å². The van der Waals surface area contributed by atoms with E-state index in [0.29, 0.717) is 12.1 Å². The van der Waals surface area contributed by atoms with Crippen LogP contribution in [-0.2, 0) is 6.42 Å². The molecule has 0 aliphatic heterocycles. The van der Waals surface area contributed by atoms with Crippen LogP contribution >= 0.6 is 0 Å². The van der Waals surface area contributed by atoms with Gasteiger partial charge in [0, 0.05) is 18.6 Å². The van der Waals surface area contributed by atoms with Crippen LogP contribution in [0.25, 0.3) is 0 Å². The van der Waals surface area contributed by atoms with Gasteiger partial charge in [-0.25, -0.2) is 0 Å². The molecule has 0 fully saturated rings. The summed E-state index contributed by atoms with van der Waals surface area (Å²) < 4.78 is 0. The molecule has 1 N–H and O–H groups in total. The molecule has 2 nitrogen and oxygen atoms in total. The molecule has 1 rings (SSSR count). The first kappa shape index (κ1) is 17.2. The van der Waals surface area contributed by atoms with E-state index in [1.165, 1.54) is 18.4 Å². The number of hydrogen-bond donors (Lipinski definition) is 1. The van der Waals surface area contributed by atoms with Crippen LogP contribution in [0.5, 0.6) is 0 Å². The minimum absolute atomic E-state index is 0.568. The number of hydrogen-bond acceptors (Lipinski definition) is 2. The SMILES string of the molecule is CC(C)CC(CN(C)C)NC(C)CCc1ccccc1. The van der Waals surface area contributed by atoms with Gasteiger partial charge in [-0.05, 0) is 51.8 Å². The van der Waals surface area contributed by atoms with E-state index in [-0.39, 0.29) is 0 Å². The monoisotopic (exact) mass is 276 g/mol. The Bertz CT molecular complexity index is 336. The predicted octanol–water partition coefficient (Wildman–Crippen LogP) is 3.57. The quantitative estimate of drug-likeness (QED) is 0.742. The van der Waals surface area contributed by atoms with Crippen molar-refractivity contribution in [3.63, 3.8) is 0 Å². The molecule has 0 aliphatic carbocycles. The van der Waals surface area contributed by atoms with Crippen molar-refractivity contribution in [3.8, 4) is 0 Å². The average molecular weight is 276 g/mol. The minimum Gasteiger partial charge on any atom is -0.310 e. The van der Waals surface area contributed by atoms with E-state index in [2.05, 4.69) is 75.4 Å². The standard InChI is InChI=1S/C18H32N2/c1-15(2)13-18(14-20(4)5)19-16(3)11-12-17-9-7-6-8-10-17/h6-10,15-16,18-19H,11-14H2,1-5H3. The summed E-state index contributed by atoms with van der Waals surface area (Å²) in [5.41, 5.74) is 1.44. The molecule has 0 aromatic heterocycles. The van der Waals surface area contributed by atoms with Crippen molar-refractivity contribution in [3.05, 3.63) is 35.9 Å². The number of nitrogens with one attached hydrogen (secondary N) is 1. The van der Waals surface area contributed by atoms with Gasteiger partial charge in [0.25, 0.3) is 0 Å². The number of benzene rings is 1. The van der Waals surface area contributed by atoms with E-state index in [1.807, 2.05) is 0 Å². The third kappa shape index (κ3) is 7.66. The van der Waals surface area contributed by atoms with Gasteiger partial charge in [0.2, 0.25) is 0 Å². The van der Waals surface area contributed by atoms with E-state index >= 15 is 0 Å². The third-order valence-corrected chi connectivity index (χ3v) is 3.57. The molecule has 114 valence electrons. The lowest BCUT2D eigenvalue weighted by Gasteiger charge is -2.27. The maximum atomic E-state index is 3.81. The third-order valence-electron chi connectivity index (χ3n) is 3.57. The zero-order chi connectivity index (χ0) is 15.0. The second-order valence-corrected chi connectivity index (χ2v) is 6.68. The first-order chi connectivity index (χ1) is 9.47. The van der Waals surface area contributed by atoms with Crippen LogP contribution in [0.2, 0.25) is 0 Å². The fourth-order valence-electron chi connectivity index (χ4n) is 2.72. The highest BCUT2D eigenvalue weighted by Gasteiger charge is 2.14. The van der Waals surface area contributed by atoms with Crippen LogP contribution in [0.3, 0.4) is 0 Å². The zero-order valence-corrected chi connectivity index (χ0v) is 13.9. The Morgan fingerprint density at radius 2 is 1.70 bits per heavy atom. The molecule has 0 radical (unpaired) electrons. The van der Waals surface area contributed by atoms with Crippen LogP contribution in [0, 0.1) is 5.92 Å². The highest BCUT2D eigenvalue weighted by atomic mass is 15.1. The lowest BCUT2D eigenvalue weighted by molar-refractivity contribution is 0.286. The maximum Gasteiger partial charge on any atom is 0.0199 e. The molecule has 2 atom stereocenters. The van der Waals surface area contributed by atoms with E-state index in [9.17, 15) is 0 Å². The molecule has 0 aliphatic rings. The van der Waals surface area contributed by atoms with Crippen molar-refractivity contribution in [2.45, 2.75) is 52.1 Å².